The Morgan fingerprint density at radius 1 is 1.24 bits per heavy atom. The Labute approximate surface area is 133 Å². The van der Waals surface area contributed by atoms with Gasteiger partial charge in [0.25, 0.3) is 0 Å². The van der Waals surface area contributed by atoms with E-state index in [1.807, 2.05) is 32.2 Å². The number of nitrogens with two attached hydrogens (primary N) is 1. The van der Waals surface area contributed by atoms with E-state index in [1.165, 1.54) is 11.6 Å². The molecule has 4 heteroatoms. The number of hydrogen-bond acceptors (Lipinski definition) is 2. The van der Waals surface area contributed by atoms with Gasteiger partial charge >= 0.3 is 0 Å². The number of halogens is 2. The van der Waals surface area contributed by atoms with Gasteiger partial charge in [0.2, 0.25) is 0 Å². The average Bonchev–Trinajstić information content (AvgIpc) is 2.40. The average molecular weight is 351 g/mol. The number of nitrogens with zero attached hydrogens (tertiary/aromatic N) is 1. The predicted molar refractivity (Wildman–Crippen MR) is 90.0 cm³/mol. The van der Waals surface area contributed by atoms with E-state index in [-0.39, 0.29) is 11.9 Å². The van der Waals surface area contributed by atoms with Crippen molar-refractivity contribution in [2.24, 2.45) is 5.73 Å². The van der Waals surface area contributed by atoms with Crippen LogP contribution in [-0.4, -0.2) is 13.1 Å². The van der Waals surface area contributed by atoms with Crippen molar-refractivity contribution in [1.82, 2.24) is 0 Å². The first-order valence-corrected chi connectivity index (χ1v) is 7.75. The lowest BCUT2D eigenvalue weighted by Crippen LogP contribution is -2.23. The van der Waals surface area contributed by atoms with Crippen molar-refractivity contribution in [3.8, 4) is 0 Å². The predicted octanol–water partition coefficient (Wildman–Crippen LogP) is 4.11. The van der Waals surface area contributed by atoms with E-state index in [0.717, 1.165) is 16.7 Å². The smallest absolute Gasteiger partial charge is 0.128 e. The standard InChI is InChI=1S/C17H20BrFN2/c1-12(20)9-15-16(19)7-4-8-17(15)21(2)11-13-5-3-6-14(18)10-13/h3-8,10,12H,9,11,20H2,1-2H3. The Kier molecular flexibility index (Phi) is 5.37. The molecule has 0 saturated heterocycles. The van der Waals surface area contributed by atoms with Crippen molar-refractivity contribution in [3.05, 3.63) is 63.9 Å². The molecule has 112 valence electrons. The summed E-state index contributed by atoms with van der Waals surface area (Å²) in [5, 5.41) is 0. The quantitative estimate of drug-likeness (QED) is 0.878. The van der Waals surface area contributed by atoms with Crippen molar-refractivity contribution in [2.45, 2.75) is 25.9 Å². The molecule has 0 spiro atoms. The van der Waals surface area contributed by atoms with Gasteiger partial charge in [-0.15, -0.1) is 0 Å². The second-order valence-corrected chi connectivity index (χ2v) is 6.32. The van der Waals surface area contributed by atoms with Gasteiger partial charge in [0.15, 0.2) is 0 Å². The highest BCUT2D eigenvalue weighted by atomic mass is 79.9. The lowest BCUT2D eigenvalue weighted by molar-refractivity contribution is 0.595. The second-order valence-electron chi connectivity index (χ2n) is 5.40. The lowest BCUT2D eigenvalue weighted by atomic mass is 10.0. The van der Waals surface area contributed by atoms with Crippen LogP contribution in [0.5, 0.6) is 0 Å². The summed E-state index contributed by atoms with van der Waals surface area (Å²) in [5.74, 6) is -0.189. The highest BCUT2D eigenvalue weighted by molar-refractivity contribution is 9.10. The Morgan fingerprint density at radius 2 is 1.95 bits per heavy atom. The van der Waals surface area contributed by atoms with Gasteiger partial charge < -0.3 is 10.6 Å². The van der Waals surface area contributed by atoms with E-state index in [1.54, 1.807) is 6.07 Å². The van der Waals surface area contributed by atoms with Crippen molar-refractivity contribution >= 4 is 21.6 Å². The van der Waals surface area contributed by atoms with Crippen LogP contribution in [0.2, 0.25) is 0 Å². The highest BCUT2D eigenvalue weighted by Crippen LogP contribution is 2.25. The van der Waals surface area contributed by atoms with Gasteiger partial charge in [0.05, 0.1) is 0 Å². The van der Waals surface area contributed by atoms with Gasteiger partial charge in [-0.25, -0.2) is 4.39 Å². The first-order valence-electron chi connectivity index (χ1n) is 6.96. The van der Waals surface area contributed by atoms with E-state index in [2.05, 4.69) is 33.0 Å². The van der Waals surface area contributed by atoms with E-state index < -0.39 is 0 Å². The molecule has 0 fully saturated rings. The molecule has 2 aromatic rings. The van der Waals surface area contributed by atoms with Gasteiger partial charge in [-0.1, -0.05) is 34.1 Å². The molecule has 2 nitrogen and oxygen atoms in total. The number of benzene rings is 2. The van der Waals surface area contributed by atoms with Gasteiger partial charge in [0.1, 0.15) is 5.82 Å². The van der Waals surface area contributed by atoms with Gasteiger partial charge in [-0.3, -0.25) is 0 Å². The molecule has 2 N–H and O–H groups in total. The van der Waals surface area contributed by atoms with E-state index >= 15 is 0 Å². The molecule has 0 heterocycles. The molecule has 2 rings (SSSR count). The SMILES string of the molecule is CC(N)Cc1c(F)cccc1N(C)Cc1cccc(Br)c1. The maximum absolute atomic E-state index is 14.1. The van der Waals surface area contributed by atoms with Crippen LogP contribution in [0.25, 0.3) is 0 Å². The third-order valence-corrected chi connectivity index (χ3v) is 3.83. The van der Waals surface area contributed by atoms with Crippen LogP contribution in [0, 0.1) is 5.82 Å². The van der Waals surface area contributed by atoms with Gasteiger partial charge in [-0.2, -0.15) is 0 Å². The van der Waals surface area contributed by atoms with Crippen LogP contribution in [0.1, 0.15) is 18.1 Å². The van der Waals surface area contributed by atoms with E-state index in [4.69, 9.17) is 5.73 Å². The zero-order valence-corrected chi connectivity index (χ0v) is 13.9. The van der Waals surface area contributed by atoms with Crippen LogP contribution < -0.4 is 10.6 Å². The maximum atomic E-state index is 14.1. The summed E-state index contributed by atoms with van der Waals surface area (Å²) >= 11 is 3.47. The highest BCUT2D eigenvalue weighted by Gasteiger charge is 2.13. The van der Waals surface area contributed by atoms with Gasteiger partial charge in [-0.05, 0) is 43.2 Å². The number of hydrogen-bond donors (Lipinski definition) is 1. The Morgan fingerprint density at radius 3 is 2.62 bits per heavy atom. The first-order chi connectivity index (χ1) is 9.97. The van der Waals surface area contributed by atoms with Crippen LogP contribution in [0.3, 0.4) is 0 Å². The maximum Gasteiger partial charge on any atom is 0.128 e. The van der Waals surface area contributed by atoms with Crippen molar-refractivity contribution in [1.29, 1.82) is 0 Å². The zero-order chi connectivity index (χ0) is 15.4. The molecule has 2 aromatic carbocycles. The fourth-order valence-electron chi connectivity index (χ4n) is 2.42. The molecule has 0 aromatic heterocycles. The summed E-state index contributed by atoms with van der Waals surface area (Å²) in [6.07, 6.45) is 0.533. The van der Waals surface area contributed by atoms with Crippen LogP contribution >= 0.6 is 15.9 Å². The number of anilines is 1. The van der Waals surface area contributed by atoms with Crippen LogP contribution in [0.15, 0.2) is 46.9 Å². The van der Waals surface area contributed by atoms with Crippen LogP contribution in [-0.2, 0) is 13.0 Å². The van der Waals surface area contributed by atoms with E-state index in [9.17, 15) is 4.39 Å². The summed E-state index contributed by atoms with van der Waals surface area (Å²) in [5.41, 5.74) is 8.59. The van der Waals surface area contributed by atoms with Crippen molar-refractivity contribution in [2.75, 3.05) is 11.9 Å². The Hall–Kier alpha value is -1.39. The summed E-state index contributed by atoms with van der Waals surface area (Å²) in [6, 6.07) is 13.2. The van der Waals surface area contributed by atoms with Crippen molar-refractivity contribution in [3.63, 3.8) is 0 Å². The minimum atomic E-state index is -0.189. The molecule has 1 atom stereocenters. The monoisotopic (exact) mass is 350 g/mol. The zero-order valence-electron chi connectivity index (χ0n) is 12.3. The molecule has 0 saturated carbocycles. The minimum Gasteiger partial charge on any atom is -0.370 e. The molecule has 21 heavy (non-hydrogen) atoms. The minimum absolute atomic E-state index is 0.0695. The summed E-state index contributed by atoms with van der Waals surface area (Å²) in [7, 11) is 1.97. The lowest BCUT2D eigenvalue weighted by Gasteiger charge is -2.24. The van der Waals surface area contributed by atoms with Crippen LogP contribution in [0.4, 0.5) is 10.1 Å². The van der Waals surface area contributed by atoms with E-state index in [0.29, 0.717) is 12.0 Å². The summed E-state index contributed by atoms with van der Waals surface area (Å²) in [4.78, 5) is 2.06. The molecule has 0 aliphatic heterocycles. The van der Waals surface area contributed by atoms with Crippen molar-refractivity contribution < 1.29 is 4.39 Å². The summed E-state index contributed by atoms with van der Waals surface area (Å²) in [6.45, 7) is 2.61. The summed E-state index contributed by atoms with van der Waals surface area (Å²) < 4.78 is 15.1. The third-order valence-electron chi connectivity index (χ3n) is 3.34. The molecule has 0 bridgehead atoms. The molecular weight excluding hydrogens is 331 g/mol. The normalized spacial score (nSPS) is 12.2. The molecule has 0 radical (unpaired) electrons. The molecular formula is C17H20BrFN2. The van der Waals surface area contributed by atoms with Gasteiger partial charge in [0, 0.05) is 35.4 Å². The fourth-order valence-corrected chi connectivity index (χ4v) is 2.87. The Balaban J connectivity index is 2.26. The fraction of sp³-hybridized carbons (Fsp3) is 0.294. The first kappa shape index (κ1) is 16.0. The molecule has 0 aliphatic carbocycles. The third kappa shape index (κ3) is 4.29. The molecule has 1 unspecified atom stereocenters. The topological polar surface area (TPSA) is 29.3 Å². The molecule has 0 amide bonds. The number of rotatable bonds is 5. The Bertz CT molecular complexity index is 613. The molecule has 0 aliphatic rings. The second kappa shape index (κ2) is 7.05. The largest absolute Gasteiger partial charge is 0.370 e.